The Morgan fingerprint density at radius 2 is 1.77 bits per heavy atom. The molecule has 0 unspecified atom stereocenters. The average Bonchev–Trinajstić information content (AvgIpc) is 2.83. The summed E-state index contributed by atoms with van der Waals surface area (Å²) >= 11 is 6.19. The Bertz CT molecular complexity index is 1480. The summed E-state index contributed by atoms with van der Waals surface area (Å²) in [6.07, 6.45) is 1.06. The molecule has 1 heterocycles. The molecule has 8 heteroatoms. The second-order valence-electron chi connectivity index (χ2n) is 9.31. The standard InChI is InChI=1S/C27H27ClN6O/c1-27(2,3)25(35)31-20-11-8-17(9-12-20)18-6-5-7-21(14-18)33(4)24-22-13-10-19(28)15-23(22)34(16-29)26(30)32-24/h5-16,29-30H,1-4H3,(H,31,35). The minimum Gasteiger partial charge on any atom is -0.329 e. The average molecular weight is 487 g/mol. The van der Waals surface area contributed by atoms with Crippen molar-refractivity contribution in [1.82, 2.24) is 9.55 Å². The number of benzene rings is 3. The minimum atomic E-state index is -0.463. The molecule has 3 aromatic carbocycles. The van der Waals surface area contributed by atoms with Gasteiger partial charge in [-0.1, -0.05) is 56.6 Å². The third-order valence-electron chi connectivity index (χ3n) is 5.74. The first-order valence-corrected chi connectivity index (χ1v) is 11.5. The SMILES string of the molecule is CN(c1cccc(-c2ccc(NC(=O)C(C)(C)C)cc2)c1)c1nc(=N)n(C=N)c2cc(Cl)ccc12. The first kappa shape index (κ1) is 24.2. The zero-order valence-corrected chi connectivity index (χ0v) is 20.8. The van der Waals surface area contributed by atoms with Gasteiger partial charge in [0.1, 0.15) is 5.82 Å². The molecule has 4 aromatic rings. The first-order chi connectivity index (χ1) is 16.6. The monoisotopic (exact) mass is 486 g/mol. The van der Waals surface area contributed by atoms with Crippen molar-refractivity contribution < 1.29 is 4.79 Å². The molecular weight excluding hydrogens is 460 g/mol. The van der Waals surface area contributed by atoms with E-state index in [2.05, 4.69) is 10.3 Å². The van der Waals surface area contributed by atoms with Crippen LogP contribution >= 0.6 is 11.6 Å². The number of carbonyl (C=O) groups excluding carboxylic acids is 1. The predicted octanol–water partition coefficient (Wildman–Crippen LogP) is 6.04. The summed E-state index contributed by atoms with van der Waals surface area (Å²) in [5.74, 6) is 0.563. The van der Waals surface area contributed by atoms with Crippen molar-refractivity contribution in [1.29, 1.82) is 10.8 Å². The molecule has 0 radical (unpaired) electrons. The summed E-state index contributed by atoms with van der Waals surface area (Å²) < 4.78 is 1.38. The zero-order valence-electron chi connectivity index (χ0n) is 20.1. The molecule has 0 saturated heterocycles. The molecule has 3 N–H and O–H groups in total. The van der Waals surface area contributed by atoms with Crippen LogP contribution in [0.1, 0.15) is 20.8 Å². The quantitative estimate of drug-likeness (QED) is 0.237. The van der Waals surface area contributed by atoms with Crippen molar-refractivity contribution in [3.8, 4) is 11.1 Å². The van der Waals surface area contributed by atoms with Crippen LogP contribution in [0.15, 0.2) is 66.7 Å². The van der Waals surface area contributed by atoms with Gasteiger partial charge >= 0.3 is 0 Å². The van der Waals surface area contributed by atoms with Crippen LogP contribution in [0.2, 0.25) is 5.02 Å². The van der Waals surface area contributed by atoms with Crippen LogP contribution in [0, 0.1) is 16.2 Å². The van der Waals surface area contributed by atoms with Crippen LogP contribution in [0.5, 0.6) is 0 Å². The minimum absolute atomic E-state index is 0.0316. The molecule has 0 saturated carbocycles. The number of rotatable bonds is 5. The fourth-order valence-electron chi connectivity index (χ4n) is 3.69. The van der Waals surface area contributed by atoms with Gasteiger partial charge < -0.3 is 10.2 Å². The highest BCUT2D eigenvalue weighted by Crippen LogP contribution is 2.32. The molecule has 1 amide bonds. The topological polar surface area (TPSA) is 97.9 Å². The molecule has 0 atom stereocenters. The van der Waals surface area contributed by atoms with Gasteiger partial charge in [-0.15, -0.1) is 0 Å². The van der Waals surface area contributed by atoms with E-state index in [0.717, 1.165) is 34.2 Å². The van der Waals surface area contributed by atoms with E-state index < -0.39 is 5.41 Å². The fourth-order valence-corrected chi connectivity index (χ4v) is 3.86. The molecule has 0 bridgehead atoms. The lowest BCUT2D eigenvalue weighted by molar-refractivity contribution is -0.123. The smallest absolute Gasteiger partial charge is 0.229 e. The van der Waals surface area contributed by atoms with E-state index in [4.69, 9.17) is 22.4 Å². The second-order valence-corrected chi connectivity index (χ2v) is 9.75. The highest BCUT2D eigenvalue weighted by Gasteiger charge is 2.21. The van der Waals surface area contributed by atoms with Gasteiger partial charge in [0.25, 0.3) is 0 Å². The van der Waals surface area contributed by atoms with E-state index in [0.29, 0.717) is 16.4 Å². The number of fused-ring (bicyclic) bond motifs is 1. The summed E-state index contributed by atoms with van der Waals surface area (Å²) in [5, 5.41) is 20.2. The van der Waals surface area contributed by atoms with E-state index in [1.807, 2.05) is 87.3 Å². The Morgan fingerprint density at radius 1 is 1.06 bits per heavy atom. The summed E-state index contributed by atoms with van der Waals surface area (Å²) in [6, 6.07) is 21.1. The number of nitrogens with one attached hydrogen (secondary N) is 3. The summed E-state index contributed by atoms with van der Waals surface area (Å²) in [6.45, 7) is 5.64. The van der Waals surface area contributed by atoms with Crippen molar-refractivity contribution in [3.63, 3.8) is 0 Å². The highest BCUT2D eigenvalue weighted by atomic mass is 35.5. The Kier molecular flexibility index (Phi) is 6.45. The van der Waals surface area contributed by atoms with Gasteiger partial charge in [0.05, 0.1) is 11.9 Å². The molecule has 1 aromatic heterocycles. The second kappa shape index (κ2) is 9.35. The van der Waals surface area contributed by atoms with Gasteiger partial charge in [-0.2, -0.15) is 4.98 Å². The number of nitrogens with zero attached hydrogens (tertiary/aromatic N) is 3. The molecule has 0 aliphatic carbocycles. The Labute approximate surface area is 209 Å². The predicted molar refractivity (Wildman–Crippen MR) is 143 cm³/mol. The maximum atomic E-state index is 12.3. The summed E-state index contributed by atoms with van der Waals surface area (Å²) in [5.41, 5.74) is 3.78. The molecule has 0 aliphatic rings. The molecule has 7 nitrogen and oxygen atoms in total. The van der Waals surface area contributed by atoms with Crippen molar-refractivity contribution in [2.75, 3.05) is 17.3 Å². The van der Waals surface area contributed by atoms with Gasteiger partial charge in [-0.05, 0) is 53.6 Å². The molecule has 35 heavy (non-hydrogen) atoms. The number of amides is 1. The third kappa shape index (κ3) is 4.95. The first-order valence-electron chi connectivity index (χ1n) is 11.1. The molecule has 4 rings (SSSR count). The van der Waals surface area contributed by atoms with E-state index in [-0.39, 0.29) is 11.5 Å². The van der Waals surface area contributed by atoms with Crippen molar-refractivity contribution in [3.05, 3.63) is 77.4 Å². The van der Waals surface area contributed by atoms with E-state index >= 15 is 0 Å². The van der Waals surface area contributed by atoms with Gasteiger partial charge in [0.2, 0.25) is 11.5 Å². The lowest BCUT2D eigenvalue weighted by Gasteiger charge is -2.22. The number of carbonyl (C=O) groups is 1. The number of anilines is 3. The number of hydrogen-bond acceptors (Lipinski definition) is 5. The van der Waals surface area contributed by atoms with E-state index in [1.165, 1.54) is 4.57 Å². The molecular formula is C27H27ClN6O. The number of hydrogen-bond donors (Lipinski definition) is 3. The zero-order chi connectivity index (χ0) is 25.3. The van der Waals surface area contributed by atoms with Crippen molar-refractivity contribution in [2.45, 2.75) is 20.8 Å². The van der Waals surface area contributed by atoms with E-state index in [9.17, 15) is 4.79 Å². The van der Waals surface area contributed by atoms with Crippen LogP contribution in [0.4, 0.5) is 17.2 Å². The summed E-state index contributed by atoms with van der Waals surface area (Å²) in [7, 11) is 1.90. The van der Waals surface area contributed by atoms with Crippen LogP contribution in [0.3, 0.4) is 0 Å². The van der Waals surface area contributed by atoms with Crippen LogP contribution in [-0.4, -0.2) is 28.8 Å². The molecule has 178 valence electrons. The van der Waals surface area contributed by atoms with Gasteiger partial charge in [-0.3, -0.25) is 20.2 Å². The van der Waals surface area contributed by atoms with Crippen LogP contribution < -0.4 is 15.8 Å². The van der Waals surface area contributed by atoms with Crippen LogP contribution in [0.25, 0.3) is 22.0 Å². The van der Waals surface area contributed by atoms with Gasteiger partial charge in [-0.25, -0.2) is 0 Å². The fraction of sp³-hybridized carbons (Fsp3) is 0.185. The van der Waals surface area contributed by atoms with E-state index in [1.54, 1.807) is 12.1 Å². The maximum absolute atomic E-state index is 12.3. The van der Waals surface area contributed by atoms with Gasteiger partial charge in [0.15, 0.2) is 0 Å². The molecule has 0 fully saturated rings. The molecule has 0 spiro atoms. The number of aromatic nitrogens is 2. The molecule has 0 aliphatic heterocycles. The lowest BCUT2D eigenvalue weighted by Crippen LogP contribution is -2.27. The maximum Gasteiger partial charge on any atom is 0.229 e. The largest absolute Gasteiger partial charge is 0.329 e. The van der Waals surface area contributed by atoms with Crippen molar-refractivity contribution in [2.24, 2.45) is 5.41 Å². The third-order valence-corrected chi connectivity index (χ3v) is 5.97. The van der Waals surface area contributed by atoms with Crippen molar-refractivity contribution >= 4 is 51.9 Å². The number of halogens is 1. The Hall–Kier alpha value is -3.97. The lowest BCUT2D eigenvalue weighted by atomic mass is 9.95. The van der Waals surface area contributed by atoms with Gasteiger partial charge in [0, 0.05) is 34.2 Å². The Balaban J connectivity index is 1.68. The van der Waals surface area contributed by atoms with Crippen LogP contribution in [-0.2, 0) is 4.79 Å². The highest BCUT2D eigenvalue weighted by molar-refractivity contribution is 6.31. The Morgan fingerprint density at radius 3 is 2.43 bits per heavy atom. The summed E-state index contributed by atoms with van der Waals surface area (Å²) in [4.78, 5) is 18.6. The normalized spacial score (nSPS) is 11.3.